The molecule has 0 amide bonds. The van der Waals surface area contributed by atoms with Gasteiger partial charge in [-0.25, -0.2) is 0 Å². The molecule has 1 heterocycles. The molecule has 7 nitrogen and oxygen atoms in total. The number of carbonyl (C=O) groups excluding carboxylic acids is 2. The molecule has 2 aliphatic carbocycles. The molecule has 0 aromatic carbocycles. The lowest BCUT2D eigenvalue weighted by molar-refractivity contribution is -0.150. The molecule has 3 rings (SSSR count). The van der Waals surface area contributed by atoms with Gasteiger partial charge in [0.25, 0.3) is 0 Å². The lowest BCUT2D eigenvalue weighted by Gasteiger charge is -2.38. The summed E-state index contributed by atoms with van der Waals surface area (Å²) >= 11 is 0. The zero-order chi connectivity index (χ0) is 29.2. The summed E-state index contributed by atoms with van der Waals surface area (Å²) in [5, 5.41) is 0.219. The summed E-state index contributed by atoms with van der Waals surface area (Å²) in [5.74, 6) is 0.852. The van der Waals surface area contributed by atoms with Gasteiger partial charge in [0.15, 0.2) is 8.32 Å². The van der Waals surface area contributed by atoms with Crippen LogP contribution in [0, 0.1) is 23.7 Å². The minimum absolute atomic E-state index is 0.0271. The molecule has 1 saturated heterocycles. The van der Waals surface area contributed by atoms with Gasteiger partial charge in [0.2, 0.25) is 0 Å². The van der Waals surface area contributed by atoms with Crippen molar-refractivity contribution in [3.63, 3.8) is 0 Å². The average molecular weight is 571 g/mol. The molecule has 0 N–H and O–H groups in total. The molecule has 2 saturated carbocycles. The van der Waals surface area contributed by atoms with Crippen molar-refractivity contribution in [2.24, 2.45) is 23.7 Å². The summed E-state index contributed by atoms with van der Waals surface area (Å²) < 4.78 is 28.4. The molecule has 6 unspecified atom stereocenters. The lowest BCUT2D eigenvalue weighted by Crippen LogP contribution is -2.43. The van der Waals surface area contributed by atoms with Crippen molar-refractivity contribution in [3.05, 3.63) is 0 Å². The van der Waals surface area contributed by atoms with Gasteiger partial charge in [-0.2, -0.15) is 0 Å². The molecule has 0 radical (unpaired) electrons. The maximum atomic E-state index is 12.1. The first kappa shape index (κ1) is 34.2. The van der Waals surface area contributed by atoms with E-state index < -0.39 is 8.32 Å². The highest BCUT2D eigenvalue weighted by atomic mass is 28.4. The van der Waals surface area contributed by atoms with E-state index in [1.54, 1.807) is 0 Å². The average Bonchev–Trinajstić information content (AvgIpc) is 3.48. The van der Waals surface area contributed by atoms with Gasteiger partial charge in [-0.15, -0.1) is 0 Å². The van der Waals surface area contributed by atoms with Crippen molar-refractivity contribution in [2.75, 3.05) is 26.4 Å². The number of carbonyl (C=O) groups is 2. The van der Waals surface area contributed by atoms with E-state index >= 15 is 0 Å². The van der Waals surface area contributed by atoms with E-state index in [9.17, 15) is 9.59 Å². The van der Waals surface area contributed by atoms with Crippen molar-refractivity contribution < 1.29 is 33.0 Å². The molecule has 6 atom stereocenters. The fraction of sp³-hybridized carbons (Fsp3) is 0.935. The van der Waals surface area contributed by atoms with Crippen LogP contribution in [-0.4, -0.2) is 65.0 Å². The van der Waals surface area contributed by atoms with E-state index in [1.165, 1.54) is 0 Å². The van der Waals surface area contributed by atoms with Gasteiger partial charge in [-0.3, -0.25) is 9.59 Å². The van der Waals surface area contributed by atoms with Gasteiger partial charge in [-0.05, 0) is 82.3 Å². The van der Waals surface area contributed by atoms with Crippen molar-refractivity contribution in [1.82, 2.24) is 0 Å². The van der Waals surface area contributed by atoms with Gasteiger partial charge < -0.3 is 23.4 Å². The third-order valence-electron chi connectivity index (χ3n) is 9.35. The highest BCUT2D eigenvalue weighted by molar-refractivity contribution is 6.74. The van der Waals surface area contributed by atoms with E-state index in [2.05, 4.69) is 47.7 Å². The zero-order valence-electron chi connectivity index (χ0n) is 26.4. The van der Waals surface area contributed by atoms with E-state index in [1.807, 2.05) is 13.8 Å². The first-order valence-electron chi connectivity index (χ1n) is 15.6. The Morgan fingerprint density at radius 1 is 0.744 bits per heavy atom. The Morgan fingerprint density at radius 3 is 1.64 bits per heavy atom. The van der Waals surface area contributed by atoms with Crippen molar-refractivity contribution >= 4 is 20.3 Å². The molecule has 39 heavy (non-hydrogen) atoms. The molecule has 0 bridgehead atoms. The summed E-state index contributed by atoms with van der Waals surface area (Å²) in [6.07, 6.45) is 8.46. The van der Waals surface area contributed by atoms with Gasteiger partial charge in [0, 0.05) is 19.3 Å². The van der Waals surface area contributed by atoms with Crippen molar-refractivity contribution in [1.29, 1.82) is 0 Å². The lowest BCUT2D eigenvalue weighted by atomic mass is 9.94. The molecular weight excluding hydrogens is 512 g/mol. The fourth-order valence-corrected chi connectivity index (χ4v) is 7.39. The molecule has 0 aromatic heterocycles. The quantitative estimate of drug-likeness (QED) is 0.208. The third-order valence-corrected chi connectivity index (χ3v) is 13.9. The van der Waals surface area contributed by atoms with Crippen LogP contribution in [0.15, 0.2) is 0 Å². The van der Waals surface area contributed by atoms with Crippen LogP contribution in [0.5, 0.6) is 0 Å². The maximum Gasteiger partial charge on any atom is 0.309 e. The summed E-state index contributed by atoms with van der Waals surface area (Å²) in [7, 11) is -1.75. The largest absolute Gasteiger partial charge is 0.466 e. The normalized spacial score (nSPS) is 30.0. The Labute approximate surface area is 239 Å². The number of hydrogen-bond acceptors (Lipinski definition) is 7. The topological polar surface area (TPSA) is 80.3 Å². The number of esters is 2. The Kier molecular flexibility index (Phi) is 13.9. The molecule has 3 fully saturated rings. The van der Waals surface area contributed by atoms with E-state index in [0.717, 1.165) is 64.6 Å². The van der Waals surface area contributed by atoms with Gasteiger partial charge in [-0.1, -0.05) is 47.5 Å². The standard InChI is InChI=1S/C16H32O3Si.C15H26O4/c1-8-12-10-13(11-14(12)15(17)18-9-2)19-20(6,7)16(3,4)5;1-3-11-9-13(10-14(11)15(16)18-4-2)19-12-5-7-17-8-6-12/h12-14H,8-11H2,1-7H3;11-14H,3-10H2,1-2H3. The Balaban J connectivity index is 0.000000274. The molecule has 3 aliphatic rings. The van der Waals surface area contributed by atoms with Gasteiger partial charge in [0.1, 0.15) is 0 Å². The van der Waals surface area contributed by atoms with Crippen LogP contribution in [-0.2, 0) is 33.0 Å². The van der Waals surface area contributed by atoms with E-state index in [-0.39, 0.29) is 41.0 Å². The van der Waals surface area contributed by atoms with Gasteiger partial charge in [0.05, 0.1) is 37.3 Å². The Bertz CT molecular complexity index is 744. The number of ether oxygens (including phenoxy) is 4. The molecule has 8 heteroatoms. The van der Waals surface area contributed by atoms with Crippen LogP contribution < -0.4 is 0 Å². The van der Waals surface area contributed by atoms with Crippen molar-refractivity contribution in [3.8, 4) is 0 Å². The Hall–Kier alpha value is -0.963. The monoisotopic (exact) mass is 570 g/mol. The SMILES string of the molecule is CCOC(=O)C1CC(OC2CCOCC2)CC1CC.CCOC(=O)C1CC(O[Si](C)(C)C(C)(C)C)CC1CC. The minimum atomic E-state index is -1.75. The third kappa shape index (κ3) is 10.1. The van der Waals surface area contributed by atoms with Crippen LogP contribution in [0.2, 0.25) is 18.1 Å². The van der Waals surface area contributed by atoms with E-state index in [0.29, 0.717) is 31.2 Å². The van der Waals surface area contributed by atoms with E-state index in [4.69, 9.17) is 23.4 Å². The Morgan fingerprint density at radius 2 is 1.21 bits per heavy atom. The fourth-order valence-electron chi connectivity index (χ4n) is 6.01. The summed E-state index contributed by atoms with van der Waals surface area (Å²) in [6.45, 7) is 21.9. The second kappa shape index (κ2) is 15.9. The molecule has 228 valence electrons. The summed E-state index contributed by atoms with van der Waals surface area (Å²) in [6, 6.07) is 0. The highest BCUT2D eigenvalue weighted by Gasteiger charge is 2.45. The molecule has 1 aliphatic heterocycles. The minimum Gasteiger partial charge on any atom is -0.466 e. The maximum absolute atomic E-state index is 12.1. The first-order chi connectivity index (χ1) is 18.4. The second-order valence-corrected chi connectivity index (χ2v) is 17.8. The van der Waals surface area contributed by atoms with Crippen LogP contribution in [0.1, 0.15) is 99.8 Å². The van der Waals surface area contributed by atoms with Crippen LogP contribution in [0.3, 0.4) is 0 Å². The summed E-state index contributed by atoms with van der Waals surface area (Å²) in [5.41, 5.74) is 0. The first-order valence-corrected chi connectivity index (χ1v) is 18.5. The second-order valence-electron chi connectivity index (χ2n) is 13.1. The van der Waals surface area contributed by atoms with Crippen LogP contribution >= 0.6 is 0 Å². The van der Waals surface area contributed by atoms with Gasteiger partial charge >= 0.3 is 11.9 Å². The predicted octanol–water partition coefficient (Wildman–Crippen LogP) is 6.93. The number of rotatable bonds is 10. The number of hydrogen-bond donors (Lipinski definition) is 0. The highest BCUT2D eigenvalue weighted by Crippen LogP contribution is 2.43. The van der Waals surface area contributed by atoms with Crippen LogP contribution in [0.25, 0.3) is 0 Å². The smallest absolute Gasteiger partial charge is 0.309 e. The molecular formula is C31H58O7Si. The molecule has 0 spiro atoms. The van der Waals surface area contributed by atoms with Crippen LogP contribution in [0.4, 0.5) is 0 Å². The zero-order valence-corrected chi connectivity index (χ0v) is 27.4. The predicted molar refractivity (Wildman–Crippen MR) is 157 cm³/mol. The van der Waals surface area contributed by atoms with Crippen molar-refractivity contribution in [2.45, 2.75) is 136 Å². The summed E-state index contributed by atoms with van der Waals surface area (Å²) in [4.78, 5) is 24.0. The molecule has 0 aromatic rings.